The summed E-state index contributed by atoms with van der Waals surface area (Å²) < 4.78 is 5.32. The quantitative estimate of drug-likeness (QED) is 0.524. The van der Waals surface area contributed by atoms with Gasteiger partial charge < -0.3 is 4.74 Å². The zero-order chi connectivity index (χ0) is 12.5. The standard InChI is InChI=1S/C15H21O2/c1-3-4-5-9-12-15(16)17-13(2)14-10-7-6-8-11-14/h6-8,10-13H,3-5,9H2,1-2H3. The van der Waals surface area contributed by atoms with Crippen LogP contribution in [0.25, 0.3) is 0 Å². The molecular weight excluding hydrogens is 212 g/mol. The van der Waals surface area contributed by atoms with E-state index in [1.807, 2.05) is 37.3 Å². The minimum atomic E-state index is -0.211. The lowest BCUT2D eigenvalue weighted by molar-refractivity contribution is -0.144. The van der Waals surface area contributed by atoms with E-state index in [0.29, 0.717) is 0 Å². The lowest BCUT2D eigenvalue weighted by Gasteiger charge is -2.13. The molecule has 0 bridgehead atoms. The first-order chi connectivity index (χ1) is 8.24. The molecule has 0 fully saturated rings. The predicted molar refractivity (Wildman–Crippen MR) is 69.4 cm³/mol. The Kier molecular flexibility index (Phi) is 6.38. The van der Waals surface area contributed by atoms with Crippen molar-refractivity contribution in [1.82, 2.24) is 0 Å². The van der Waals surface area contributed by atoms with Gasteiger partial charge in [0.15, 0.2) is 0 Å². The summed E-state index contributed by atoms with van der Waals surface area (Å²) >= 11 is 0. The van der Waals surface area contributed by atoms with Crippen LogP contribution >= 0.6 is 0 Å². The molecule has 1 atom stereocenters. The number of benzene rings is 1. The molecule has 93 valence electrons. The fourth-order valence-electron chi connectivity index (χ4n) is 1.63. The molecule has 1 aromatic rings. The average Bonchev–Trinajstić information content (AvgIpc) is 2.36. The van der Waals surface area contributed by atoms with Gasteiger partial charge in [0.05, 0.1) is 6.42 Å². The van der Waals surface area contributed by atoms with Crippen LogP contribution in [0.4, 0.5) is 0 Å². The van der Waals surface area contributed by atoms with Crippen LogP contribution in [0.5, 0.6) is 0 Å². The molecule has 1 rings (SSSR count). The predicted octanol–water partition coefficient (Wildman–Crippen LogP) is 4.08. The van der Waals surface area contributed by atoms with Crippen LogP contribution in [-0.4, -0.2) is 5.97 Å². The first-order valence-corrected chi connectivity index (χ1v) is 6.32. The lowest BCUT2D eigenvalue weighted by Crippen LogP contribution is -2.09. The van der Waals surface area contributed by atoms with Crippen LogP contribution in [0.1, 0.15) is 51.2 Å². The Balaban J connectivity index is 2.26. The Labute approximate surface area is 104 Å². The summed E-state index contributed by atoms with van der Waals surface area (Å²) in [6.45, 7) is 4.04. The number of hydrogen-bond acceptors (Lipinski definition) is 2. The summed E-state index contributed by atoms with van der Waals surface area (Å²) in [6.07, 6.45) is 5.68. The molecule has 0 N–H and O–H groups in total. The van der Waals surface area contributed by atoms with Crippen LogP contribution in [0.3, 0.4) is 0 Å². The maximum absolute atomic E-state index is 11.5. The summed E-state index contributed by atoms with van der Waals surface area (Å²) in [5.41, 5.74) is 1.03. The smallest absolute Gasteiger partial charge is 0.310 e. The average molecular weight is 233 g/mol. The normalized spacial score (nSPS) is 12.1. The number of unbranched alkanes of at least 4 members (excludes halogenated alkanes) is 3. The molecule has 1 aromatic carbocycles. The summed E-state index contributed by atoms with van der Waals surface area (Å²) in [5.74, 6) is -0.211. The summed E-state index contributed by atoms with van der Waals surface area (Å²) in [7, 11) is 0. The van der Waals surface area contributed by atoms with E-state index in [1.54, 1.807) is 6.42 Å². The van der Waals surface area contributed by atoms with Crippen molar-refractivity contribution in [3.63, 3.8) is 0 Å². The summed E-state index contributed by atoms with van der Waals surface area (Å²) in [6, 6.07) is 9.79. The van der Waals surface area contributed by atoms with E-state index in [4.69, 9.17) is 4.74 Å². The van der Waals surface area contributed by atoms with E-state index in [0.717, 1.165) is 24.8 Å². The van der Waals surface area contributed by atoms with Crippen molar-refractivity contribution >= 4 is 5.97 Å². The Morgan fingerprint density at radius 2 is 2.00 bits per heavy atom. The molecule has 1 radical (unpaired) electrons. The van der Waals surface area contributed by atoms with Crippen LogP contribution in [-0.2, 0) is 9.53 Å². The molecule has 0 spiro atoms. The van der Waals surface area contributed by atoms with Gasteiger partial charge >= 0.3 is 5.97 Å². The summed E-state index contributed by atoms with van der Waals surface area (Å²) in [5, 5.41) is 0. The second-order valence-electron chi connectivity index (χ2n) is 4.19. The van der Waals surface area contributed by atoms with E-state index in [1.165, 1.54) is 6.42 Å². The first kappa shape index (κ1) is 13.8. The highest BCUT2D eigenvalue weighted by atomic mass is 16.5. The van der Waals surface area contributed by atoms with Gasteiger partial charge in [0.1, 0.15) is 6.10 Å². The zero-order valence-corrected chi connectivity index (χ0v) is 10.7. The van der Waals surface area contributed by atoms with E-state index in [-0.39, 0.29) is 12.1 Å². The van der Waals surface area contributed by atoms with E-state index in [2.05, 4.69) is 6.92 Å². The zero-order valence-electron chi connectivity index (χ0n) is 10.7. The van der Waals surface area contributed by atoms with Gasteiger partial charge in [-0.2, -0.15) is 0 Å². The van der Waals surface area contributed by atoms with Crippen LogP contribution in [0.2, 0.25) is 0 Å². The van der Waals surface area contributed by atoms with Crippen molar-refractivity contribution in [2.75, 3.05) is 0 Å². The van der Waals surface area contributed by atoms with Crippen LogP contribution in [0.15, 0.2) is 30.3 Å². The minimum Gasteiger partial charge on any atom is -0.458 e. The Morgan fingerprint density at radius 1 is 1.29 bits per heavy atom. The van der Waals surface area contributed by atoms with Gasteiger partial charge in [0.2, 0.25) is 0 Å². The fraction of sp³-hybridized carbons (Fsp3) is 0.467. The highest BCUT2D eigenvalue weighted by Crippen LogP contribution is 2.17. The maximum atomic E-state index is 11.5. The third-order valence-corrected chi connectivity index (χ3v) is 2.68. The molecule has 0 saturated carbocycles. The molecule has 17 heavy (non-hydrogen) atoms. The van der Waals surface area contributed by atoms with Gasteiger partial charge in [0.25, 0.3) is 0 Å². The highest BCUT2D eigenvalue weighted by Gasteiger charge is 2.10. The molecule has 0 aliphatic heterocycles. The summed E-state index contributed by atoms with van der Waals surface area (Å²) in [4.78, 5) is 11.5. The molecular formula is C15H21O2. The van der Waals surface area contributed by atoms with Crippen LogP contribution < -0.4 is 0 Å². The van der Waals surface area contributed by atoms with Crippen molar-refractivity contribution < 1.29 is 9.53 Å². The van der Waals surface area contributed by atoms with Gasteiger partial charge in [-0.3, -0.25) is 4.79 Å². The number of esters is 1. The molecule has 0 heterocycles. The SMILES string of the molecule is CCCCC[CH]C(=O)OC(C)c1ccccc1. The Bertz CT molecular complexity index is 319. The third-order valence-electron chi connectivity index (χ3n) is 2.68. The molecule has 2 nitrogen and oxygen atoms in total. The molecule has 0 amide bonds. The van der Waals surface area contributed by atoms with Crippen molar-refractivity contribution in [1.29, 1.82) is 0 Å². The molecule has 1 unspecified atom stereocenters. The van der Waals surface area contributed by atoms with Gasteiger partial charge in [-0.1, -0.05) is 56.5 Å². The van der Waals surface area contributed by atoms with E-state index < -0.39 is 0 Å². The lowest BCUT2D eigenvalue weighted by atomic mass is 10.1. The monoisotopic (exact) mass is 233 g/mol. The number of rotatable bonds is 7. The van der Waals surface area contributed by atoms with Crippen molar-refractivity contribution in [3.05, 3.63) is 42.3 Å². The largest absolute Gasteiger partial charge is 0.458 e. The van der Waals surface area contributed by atoms with Gasteiger partial charge in [-0.15, -0.1) is 0 Å². The number of carbonyl (C=O) groups is 1. The fourth-order valence-corrected chi connectivity index (χ4v) is 1.63. The topological polar surface area (TPSA) is 26.3 Å². The number of ether oxygens (including phenoxy) is 1. The first-order valence-electron chi connectivity index (χ1n) is 6.32. The van der Waals surface area contributed by atoms with Gasteiger partial charge in [0, 0.05) is 0 Å². The van der Waals surface area contributed by atoms with Crippen molar-refractivity contribution in [2.45, 2.75) is 45.6 Å². The van der Waals surface area contributed by atoms with Crippen molar-refractivity contribution in [2.24, 2.45) is 0 Å². The third kappa shape index (κ3) is 5.53. The van der Waals surface area contributed by atoms with Crippen LogP contribution in [0, 0.1) is 6.42 Å². The van der Waals surface area contributed by atoms with Gasteiger partial charge in [-0.25, -0.2) is 0 Å². The highest BCUT2D eigenvalue weighted by molar-refractivity contribution is 5.78. The number of carbonyl (C=O) groups excluding carboxylic acids is 1. The number of hydrogen-bond donors (Lipinski definition) is 0. The second-order valence-corrected chi connectivity index (χ2v) is 4.19. The van der Waals surface area contributed by atoms with Gasteiger partial charge in [-0.05, 0) is 18.9 Å². The molecule has 0 aliphatic carbocycles. The van der Waals surface area contributed by atoms with Crippen molar-refractivity contribution in [3.8, 4) is 0 Å². The Hall–Kier alpha value is -1.31. The Morgan fingerprint density at radius 3 is 2.65 bits per heavy atom. The molecule has 2 heteroatoms. The van der Waals surface area contributed by atoms with E-state index in [9.17, 15) is 4.79 Å². The molecule has 0 saturated heterocycles. The molecule has 0 aromatic heterocycles. The second kappa shape index (κ2) is 7.88. The minimum absolute atomic E-state index is 0.175. The van der Waals surface area contributed by atoms with E-state index >= 15 is 0 Å². The maximum Gasteiger partial charge on any atom is 0.310 e. The molecule has 0 aliphatic rings.